The molecule has 0 fully saturated rings. The summed E-state index contributed by atoms with van der Waals surface area (Å²) in [5, 5.41) is 11.0. The number of halogens is 1. The molecule has 32 heavy (non-hydrogen) atoms. The Morgan fingerprint density at radius 1 is 1.38 bits per heavy atom. The van der Waals surface area contributed by atoms with Gasteiger partial charge < -0.3 is 14.2 Å². The van der Waals surface area contributed by atoms with Gasteiger partial charge in [0.15, 0.2) is 0 Å². The van der Waals surface area contributed by atoms with Gasteiger partial charge in [-0.2, -0.15) is 4.31 Å². The molecule has 0 aliphatic heterocycles. The van der Waals surface area contributed by atoms with Gasteiger partial charge in [-0.25, -0.2) is 8.42 Å². The molecule has 174 valence electrons. The van der Waals surface area contributed by atoms with Crippen LogP contribution >= 0.6 is 11.6 Å². The van der Waals surface area contributed by atoms with Gasteiger partial charge in [-0.05, 0) is 24.3 Å². The van der Waals surface area contributed by atoms with E-state index in [0.717, 1.165) is 28.2 Å². The zero-order valence-corrected chi connectivity index (χ0v) is 19.4. The molecule has 1 aromatic carbocycles. The number of nitro groups is 1. The summed E-state index contributed by atoms with van der Waals surface area (Å²) in [6.07, 6.45) is 3.18. The van der Waals surface area contributed by atoms with Crippen LogP contribution in [-0.4, -0.2) is 66.4 Å². The number of methoxy groups -OCH3 is 1. The second kappa shape index (κ2) is 11.2. The Balaban J connectivity index is 2.32. The molecule has 1 aromatic heterocycles. The molecule has 2 aromatic rings. The number of aryl methyl sites for hydroxylation is 1. The molecule has 1 amide bonds. The summed E-state index contributed by atoms with van der Waals surface area (Å²) in [4.78, 5) is 24.6. The largest absolute Gasteiger partial charge is 0.383 e. The molecular weight excluding hydrogens is 460 g/mol. The quantitative estimate of drug-likeness (QED) is 0.259. The van der Waals surface area contributed by atoms with Gasteiger partial charge in [-0.3, -0.25) is 14.9 Å². The van der Waals surface area contributed by atoms with Crippen molar-refractivity contribution in [2.24, 2.45) is 7.05 Å². The van der Waals surface area contributed by atoms with Crippen molar-refractivity contribution in [2.75, 3.05) is 33.4 Å². The number of hydrogen-bond acceptors (Lipinski definition) is 6. The fraction of sp³-hybridized carbons (Fsp3) is 0.350. The number of aromatic nitrogens is 1. The van der Waals surface area contributed by atoms with Crippen LogP contribution in [0.15, 0.2) is 54.1 Å². The van der Waals surface area contributed by atoms with Crippen molar-refractivity contribution in [1.29, 1.82) is 0 Å². The van der Waals surface area contributed by atoms with E-state index in [-0.39, 0.29) is 36.2 Å². The average Bonchev–Trinajstić information content (AvgIpc) is 3.14. The maximum Gasteiger partial charge on any atom is 0.289 e. The van der Waals surface area contributed by atoms with E-state index in [1.807, 2.05) is 29.9 Å². The minimum atomic E-state index is -4.24. The van der Waals surface area contributed by atoms with Crippen LogP contribution in [0.2, 0.25) is 5.02 Å². The monoisotopic (exact) mass is 484 g/mol. The van der Waals surface area contributed by atoms with E-state index in [0.29, 0.717) is 0 Å². The van der Waals surface area contributed by atoms with E-state index < -0.39 is 33.1 Å². The minimum absolute atomic E-state index is 0.160. The van der Waals surface area contributed by atoms with Crippen molar-refractivity contribution >= 4 is 33.2 Å². The van der Waals surface area contributed by atoms with Gasteiger partial charge in [-0.1, -0.05) is 17.7 Å². The van der Waals surface area contributed by atoms with Gasteiger partial charge in [0, 0.05) is 45.2 Å². The van der Waals surface area contributed by atoms with Crippen molar-refractivity contribution in [1.82, 2.24) is 13.8 Å². The predicted molar refractivity (Wildman–Crippen MR) is 120 cm³/mol. The van der Waals surface area contributed by atoms with Crippen molar-refractivity contribution in [3.8, 4) is 0 Å². The van der Waals surface area contributed by atoms with E-state index in [1.165, 1.54) is 18.1 Å². The first-order valence-electron chi connectivity index (χ1n) is 9.53. The van der Waals surface area contributed by atoms with Crippen LogP contribution in [-0.2, 0) is 33.1 Å². The first-order valence-corrected chi connectivity index (χ1v) is 11.4. The van der Waals surface area contributed by atoms with Crippen LogP contribution in [0.1, 0.15) is 5.69 Å². The van der Waals surface area contributed by atoms with E-state index in [2.05, 4.69) is 6.58 Å². The molecule has 0 unspecified atom stereocenters. The van der Waals surface area contributed by atoms with E-state index in [9.17, 15) is 23.3 Å². The second-order valence-corrected chi connectivity index (χ2v) is 9.22. The third-order valence-corrected chi connectivity index (χ3v) is 6.85. The minimum Gasteiger partial charge on any atom is -0.383 e. The Hall–Kier alpha value is -2.73. The number of amides is 1. The maximum absolute atomic E-state index is 13.2. The van der Waals surface area contributed by atoms with Crippen molar-refractivity contribution in [3.05, 3.63) is 70.0 Å². The fourth-order valence-electron chi connectivity index (χ4n) is 2.93. The molecule has 0 N–H and O–H groups in total. The van der Waals surface area contributed by atoms with Crippen LogP contribution in [0.3, 0.4) is 0 Å². The molecule has 0 aliphatic rings. The summed E-state index contributed by atoms with van der Waals surface area (Å²) in [5.74, 6) is -0.447. The number of ether oxygens (including phenoxy) is 1. The lowest BCUT2D eigenvalue weighted by Crippen LogP contribution is -2.44. The highest BCUT2D eigenvalue weighted by Gasteiger charge is 2.30. The van der Waals surface area contributed by atoms with Crippen LogP contribution < -0.4 is 0 Å². The lowest BCUT2D eigenvalue weighted by Gasteiger charge is -2.27. The van der Waals surface area contributed by atoms with Gasteiger partial charge in [0.25, 0.3) is 5.69 Å². The Morgan fingerprint density at radius 3 is 2.66 bits per heavy atom. The number of rotatable bonds is 12. The molecule has 0 spiro atoms. The molecule has 10 nitrogen and oxygen atoms in total. The summed E-state index contributed by atoms with van der Waals surface area (Å²) in [6, 6.07) is 6.89. The highest BCUT2D eigenvalue weighted by atomic mass is 35.5. The molecule has 0 radical (unpaired) electrons. The molecule has 1 heterocycles. The third-order valence-electron chi connectivity index (χ3n) is 4.72. The molecule has 0 saturated heterocycles. The van der Waals surface area contributed by atoms with Crippen LogP contribution in [0.4, 0.5) is 5.69 Å². The zero-order chi connectivity index (χ0) is 23.9. The molecule has 0 saturated carbocycles. The lowest BCUT2D eigenvalue weighted by molar-refractivity contribution is -0.384. The normalized spacial score (nSPS) is 11.5. The van der Waals surface area contributed by atoms with E-state index in [1.54, 1.807) is 0 Å². The van der Waals surface area contributed by atoms with Crippen molar-refractivity contribution < 1.29 is 22.9 Å². The summed E-state index contributed by atoms with van der Waals surface area (Å²) in [5.41, 5.74) is 0.323. The maximum atomic E-state index is 13.2. The van der Waals surface area contributed by atoms with Crippen LogP contribution in [0.5, 0.6) is 0 Å². The highest BCUT2D eigenvalue weighted by Crippen LogP contribution is 2.28. The molecule has 2 rings (SSSR count). The Bertz CT molecular complexity index is 1090. The number of nitrogens with zero attached hydrogens (tertiary/aromatic N) is 4. The second-order valence-electron chi connectivity index (χ2n) is 6.88. The van der Waals surface area contributed by atoms with Crippen molar-refractivity contribution in [2.45, 2.75) is 11.4 Å². The van der Waals surface area contributed by atoms with Gasteiger partial charge in [-0.15, -0.1) is 6.58 Å². The zero-order valence-electron chi connectivity index (χ0n) is 17.8. The Kier molecular flexibility index (Phi) is 8.96. The summed E-state index contributed by atoms with van der Waals surface area (Å²) < 4.78 is 34.2. The fourth-order valence-corrected chi connectivity index (χ4v) is 4.50. The molecular formula is C20H25ClN4O6S. The first-order chi connectivity index (χ1) is 15.1. The smallest absolute Gasteiger partial charge is 0.289 e. The number of hydrogen-bond donors (Lipinski definition) is 0. The van der Waals surface area contributed by atoms with Crippen LogP contribution in [0, 0.1) is 10.1 Å². The predicted octanol–water partition coefficient (Wildman–Crippen LogP) is 2.44. The SMILES string of the molecule is C=CCN(CC(=O)N(CCOC)Cc1cccn1C)S(=O)(=O)c1ccc(Cl)c([N+](=O)[O-])c1. The summed E-state index contributed by atoms with van der Waals surface area (Å²) in [6.45, 7) is 3.72. The van der Waals surface area contributed by atoms with E-state index in [4.69, 9.17) is 16.3 Å². The van der Waals surface area contributed by atoms with Crippen molar-refractivity contribution in [3.63, 3.8) is 0 Å². The molecule has 0 bridgehead atoms. The summed E-state index contributed by atoms with van der Waals surface area (Å²) in [7, 11) is -0.890. The Morgan fingerprint density at radius 2 is 2.09 bits per heavy atom. The van der Waals surface area contributed by atoms with Gasteiger partial charge in [0.1, 0.15) is 5.02 Å². The number of sulfonamides is 1. The van der Waals surface area contributed by atoms with E-state index >= 15 is 0 Å². The van der Waals surface area contributed by atoms with Gasteiger partial charge >= 0.3 is 0 Å². The number of carbonyl (C=O) groups is 1. The molecule has 0 aliphatic carbocycles. The highest BCUT2D eigenvalue weighted by molar-refractivity contribution is 7.89. The summed E-state index contributed by atoms with van der Waals surface area (Å²) >= 11 is 5.80. The third kappa shape index (κ3) is 6.16. The lowest BCUT2D eigenvalue weighted by atomic mass is 10.3. The molecule has 12 heteroatoms. The van der Waals surface area contributed by atoms with Crippen LogP contribution in [0.25, 0.3) is 0 Å². The topological polar surface area (TPSA) is 115 Å². The molecule has 0 atom stereocenters. The number of carbonyl (C=O) groups excluding carboxylic acids is 1. The first kappa shape index (κ1) is 25.5. The number of nitro benzene ring substituents is 1. The standard InChI is InChI=1S/C20H25ClN4O6S/c1-4-9-24(32(29,30)17-7-8-18(21)19(13-17)25(27)28)15-20(26)23(11-12-31-3)14-16-6-5-10-22(16)2/h4-8,10,13H,1,9,11-12,14-15H2,2-3H3. The Labute approximate surface area is 191 Å². The average molecular weight is 485 g/mol. The van der Waals surface area contributed by atoms with Gasteiger partial charge in [0.05, 0.1) is 29.5 Å². The van der Waals surface area contributed by atoms with Gasteiger partial charge in [0.2, 0.25) is 15.9 Å². The number of benzene rings is 1.